The van der Waals surface area contributed by atoms with Crippen LogP contribution in [0.3, 0.4) is 0 Å². The summed E-state index contributed by atoms with van der Waals surface area (Å²) in [6, 6.07) is 0. The first kappa shape index (κ1) is 14.9. The van der Waals surface area contributed by atoms with E-state index >= 15 is 0 Å². The Morgan fingerprint density at radius 1 is 1.25 bits per heavy atom. The fraction of sp³-hybridized carbons (Fsp3) is 0.643. The number of carbonyl (C=O) groups is 1. The third-order valence-electron chi connectivity index (χ3n) is 2.12. The van der Waals surface area contributed by atoms with Crippen molar-refractivity contribution >= 4 is 5.91 Å². The molecule has 0 aromatic rings. The molecule has 0 aromatic carbocycles. The number of rotatable bonds is 6. The molecule has 0 rings (SSSR count). The first-order valence-electron chi connectivity index (χ1n) is 6.09. The van der Waals surface area contributed by atoms with Crippen LogP contribution in [0, 0.1) is 5.92 Å². The fourth-order valence-electron chi connectivity index (χ4n) is 1.32. The summed E-state index contributed by atoms with van der Waals surface area (Å²) in [5.74, 6) is 0.234. The average Bonchev–Trinajstić information content (AvgIpc) is 2.20. The molecule has 0 bridgehead atoms. The summed E-state index contributed by atoms with van der Waals surface area (Å²) in [5.41, 5.74) is 1.15. The summed E-state index contributed by atoms with van der Waals surface area (Å²) < 4.78 is 0. The van der Waals surface area contributed by atoms with Crippen molar-refractivity contribution in [1.29, 1.82) is 0 Å². The van der Waals surface area contributed by atoms with E-state index in [2.05, 4.69) is 19.1 Å². The standard InChI is InChI=1S/C14H25NO/c1-6-7-8-9-10-15(11-12(2)3)14(16)13(4)5/h8-9,11,13H,6-7,10H2,1-5H3/b9-8+. The van der Waals surface area contributed by atoms with Gasteiger partial charge in [-0.15, -0.1) is 0 Å². The van der Waals surface area contributed by atoms with Crippen molar-refractivity contribution in [2.45, 2.75) is 47.5 Å². The first-order valence-corrected chi connectivity index (χ1v) is 6.09. The molecule has 0 radical (unpaired) electrons. The van der Waals surface area contributed by atoms with Crippen LogP contribution in [0.1, 0.15) is 47.5 Å². The lowest BCUT2D eigenvalue weighted by Gasteiger charge is -2.19. The maximum Gasteiger partial charge on any atom is 0.229 e. The zero-order valence-corrected chi connectivity index (χ0v) is 11.3. The number of nitrogens with zero attached hydrogens (tertiary/aromatic N) is 1. The van der Waals surface area contributed by atoms with E-state index in [0.29, 0.717) is 6.54 Å². The van der Waals surface area contributed by atoms with Crippen LogP contribution in [-0.4, -0.2) is 17.4 Å². The molecule has 0 saturated heterocycles. The summed E-state index contributed by atoms with van der Waals surface area (Å²) in [5, 5.41) is 0. The van der Waals surface area contributed by atoms with E-state index in [1.54, 1.807) is 4.90 Å². The lowest BCUT2D eigenvalue weighted by atomic mass is 10.2. The molecular weight excluding hydrogens is 198 g/mol. The van der Waals surface area contributed by atoms with Gasteiger partial charge in [-0.2, -0.15) is 0 Å². The summed E-state index contributed by atoms with van der Waals surface area (Å²) in [6.07, 6.45) is 8.37. The lowest BCUT2D eigenvalue weighted by Crippen LogP contribution is -2.30. The molecule has 0 unspecified atom stereocenters. The molecule has 2 nitrogen and oxygen atoms in total. The van der Waals surface area contributed by atoms with Gasteiger partial charge in [-0.3, -0.25) is 4.79 Å². The van der Waals surface area contributed by atoms with Gasteiger partial charge in [0, 0.05) is 18.7 Å². The zero-order chi connectivity index (χ0) is 12.6. The molecule has 2 heteroatoms. The maximum atomic E-state index is 11.9. The minimum atomic E-state index is 0.0511. The van der Waals surface area contributed by atoms with Gasteiger partial charge < -0.3 is 4.90 Å². The summed E-state index contributed by atoms with van der Waals surface area (Å²) in [4.78, 5) is 13.7. The van der Waals surface area contributed by atoms with Crippen molar-refractivity contribution in [3.8, 4) is 0 Å². The Bertz CT molecular complexity index is 260. The predicted octanol–water partition coefficient (Wildman–Crippen LogP) is 3.75. The van der Waals surface area contributed by atoms with E-state index in [-0.39, 0.29) is 11.8 Å². The molecule has 92 valence electrons. The van der Waals surface area contributed by atoms with Gasteiger partial charge in [-0.25, -0.2) is 0 Å². The van der Waals surface area contributed by atoms with Crippen molar-refractivity contribution in [1.82, 2.24) is 4.90 Å². The Balaban J connectivity index is 4.45. The monoisotopic (exact) mass is 223 g/mol. The molecule has 0 N–H and O–H groups in total. The van der Waals surface area contributed by atoms with Crippen LogP contribution in [0.4, 0.5) is 0 Å². The van der Waals surface area contributed by atoms with Crippen LogP contribution in [0.2, 0.25) is 0 Å². The Labute approximate surface area is 100 Å². The number of hydrogen-bond donors (Lipinski definition) is 0. The van der Waals surface area contributed by atoms with Gasteiger partial charge in [0.2, 0.25) is 5.91 Å². The van der Waals surface area contributed by atoms with Gasteiger partial charge in [0.1, 0.15) is 0 Å². The van der Waals surface area contributed by atoms with Crippen LogP contribution < -0.4 is 0 Å². The van der Waals surface area contributed by atoms with E-state index in [4.69, 9.17) is 0 Å². The fourth-order valence-corrected chi connectivity index (χ4v) is 1.32. The Morgan fingerprint density at radius 3 is 2.31 bits per heavy atom. The Hall–Kier alpha value is -1.05. The highest BCUT2D eigenvalue weighted by Gasteiger charge is 2.13. The molecule has 0 fully saturated rings. The van der Waals surface area contributed by atoms with Gasteiger partial charge >= 0.3 is 0 Å². The van der Waals surface area contributed by atoms with E-state index in [0.717, 1.165) is 18.4 Å². The number of hydrogen-bond acceptors (Lipinski definition) is 1. The second kappa shape index (κ2) is 8.14. The molecule has 0 atom stereocenters. The minimum absolute atomic E-state index is 0.0511. The molecule has 0 heterocycles. The molecule has 0 aromatic heterocycles. The van der Waals surface area contributed by atoms with Crippen LogP contribution in [-0.2, 0) is 4.79 Å². The van der Waals surface area contributed by atoms with Crippen LogP contribution >= 0.6 is 0 Å². The summed E-state index contributed by atoms with van der Waals surface area (Å²) >= 11 is 0. The van der Waals surface area contributed by atoms with E-state index < -0.39 is 0 Å². The third-order valence-corrected chi connectivity index (χ3v) is 2.12. The highest BCUT2D eigenvalue weighted by atomic mass is 16.2. The smallest absolute Gasteiger partial charge is 0.229 e. The summed E-state index contributed by atoms with van der Waals surface area (Å²) in [7, 11) is 0. The number of unbranched alkanes of at least 4 members (excludes halogenated alkanes) is 1. The van der Waals surface area contributed by atoms with Crippen molar-refractivity contribution in [3.05, 3.63) is 23.9 Å². The van der Waals surface area contributed by atoms with Crippen molar-refractivity contribution in [2.24, 2.45) is 5.92 Å². The highest BCUT2D eigenvalue weighted by molar-refractivity contribution is 5.79. The second-order valence-electron chi connectivity index (χ2n) is 4.61. The number of amides is 1. The lowest BCUT2D eigenvalue weighted by molar-refractivity contribution is -0.131. The van der Waals surface area contributed by atoms with Crippen LogP contribution in [0.5, 0.6) is 0 Å². The van der Waals surface area contributed by atoms with Crippen molar-refractivity contribution in [2.75, 3.05) is 6.54 Å². The summed E-state index contributed by atoms with van der Waals surface area (Å²) in [6.45, 7) is 10.7. The van der Waals surface area contributed by atoms with Crippen LogP contribution in [0.15, 0.2) is 23.9 Å². The SMILES string of the molecule is CCC/C=C/CN(C=C(C)C)C(=O)C(C)C. The topological polar surface area (TPSA) is 20.3 Å². The Kier molecular flexibility index (Phi) is 7.61. The van der Waals surface area contributed by atoms with Gasteiger partial charge in [-0.05, 0) is 20.3 Å². The largest absolute Gasteiger partial charge is 0.315 e. The van der Waals surface area contributed by atoms with Gasteiger partial charge in [-0.1, -0.05) is 44.9 Å². The molecule has 0 spiro atoms. The van der Waals surface area contributed by atoms with E-state index in [1.807, 2.05) is 33.9 Å². The van der Waals surface area contributed by atoms with Gasteiger partial charge in [0.05, 0.1) is 0 Å². The zero-order valence-electron chi connectivity index (χ0n) is 11.3. The third kappa shape index (κ3) is 6.44. The molecule has 0 aliphatic heterocycles. The van der Waals surface area contributed by atoms with Crippen LogP contribution in [0.25, 0.3) is 0 Å². The van der Waals surface area contributed by atoms with Crippen molar-refractivity contribution < 1.29 is 4.79 Å². The average molecular weight is 223 g/mol. The highest BCUT2D eigenvalue weighted by Crippen LogP contribution is 2.05. The molecule has 0 aliphatic carbocycles. The first-order chi connectivity index (χ1) is 7.49. The molecule has 0 aliphatic rings. The molecule has 16 heavy (non-hydrogen) atoms. The van der Waals surface area contributed by atoms with E-state index in [1.165, 1.54) is 0 Å². The number of allylic oxidation sites excluding steroid dienone is 2. The molecular formula is C14H25NO. The Morgan fingerprint density at radius 2 is 1.88 bits per heavy atom. The van der Waals surface area contributed by atoms with Gasteiger partial charge in [0.25, 0.3) is 0 Å². The maximum absolute atomic E-state index is 11.9. The quantitative estimate of drug-likeness (QED) is 0.628. The van der Waals surface area contributed by atoms with Gasteiger partial charge in [0.15, 0.2) is 0 Å². The number of carbonyl (C=O) groups excluding carboxylic acids is 1. The molecule has 0 saturated carbocycles. The van der Waals surface area contributed by atoms with Crippen molar-refractivity contribution in [3.63, 3.8) is 0 Å². The molecule has 1 amide bonds. The normalized spacial score (nSPS) is 10.9. The predicted molar refractivity (Wildman–Crippen MR) is 70.0 cm³/mol. The van der Waals surface area contributed by atoms with E-state index in [9.17, 15) is 4.79 Å². The second-order valence-corrected chi connectivity index (χ2v) is 4.61. The minimum Gasteiger partial charge on any atom is -0.315 e.